The lowest BCUT2D eigenvalue weighted by Gasteiger charge is -2.25. The van der Waals surface area contributed by atoms with Crippen molar-refractivity contribution in [1.29, 1.82) is 0 Å². The summed E-state index contributed by atoms with van der Waals surface area (Å²) in [5.41, 5.74) is 0. The van der Waals surface area contributed by atoms with Gasteiger partial charge < -0.3 is 8.85 Å². The summed E-state index contributed by atoms with van der Waals surface area (Å²) in [5, 5.41) is 0. The Hall–Kier alpha value is -0.136. The van der Waals surface area contributed by atoms with Crippen molar-refractivity contribution in [2.45, 2.75) is 52.3 Å². The molecule has 0 aliphatic rings. The first kappa shape index (κ1) is 13.9. The molecule has 0 rings (SSSR count). The largest absolute Gasteiger partial charge is 0.518 e. The molecule has 3 nitrogen and oxygen atoms in total. The monoisotopic (exact) mass is 234 g/mol. The Balaban J connectivity index is 4.15. The van der Waals surface area contributed by atoms with Crippen LogP contribution in [0.15, 0.2) is 0 Å². The average Bonchev–Trinajstić information content (AvgIpc) is 1.78. The molecular formula is C9H22O3Si2. The van der Waals surface area contributed by atoms with Gasteiger partial charge in [-0.15, -0.1) is 0 Å². The quantitative estimate of drug-likeness (QED) is 0.702. The van der Waals surface area contributed by atoms with E-state index < -0.39 is 22.7 Å². The van der Waals surface area contributed by atoms with Gasteiger partial charge >= 0.3 is 5.97 Å². The standard InChI is InChI=1S/C9H22O3Si2/c1-8(11-13(2,3)4)9(10)12-14(5,6)7/h8H,1-7H3. The highest BCUT2D eigenvalue weighted by Gasteiger charge is 2.27. The summed E-state index contributed by atoms with van der Waals surface area (Å²) in [6, 6.07) is 0. The second kappa shape index (κ2) is 4.59. The minimum Gasteiger partial charge on any atom is -0.518 e. The van der Waals surface area contributed by atoms with Crippen LogP contribution >= 0.6 is 0 Å². The van der Waals surface area contributed by atoms with E-state index in [1.807, 2.05) is 19.6 Å². The lowest BCUT2D eigenvalue weighted by atomic mass is 10.4. The van der Waals surface area contributed by atoms with Crippen LogP contribution in [0.25, 0.3) is 0 Å². The van der Waals surface area contributed by atoms with Crippen molar-refractivity contribution < 1.29 is 13.6 Å². The third kappa shape index (κ3) is 7.28. The van der Waals surface area contributed by atoms with E-state index in [9.17, 15) is 4.79 Å². The fourth-order valence-electron chi connectivity index (χ4n) is 0.963. The summed E-state index contributed by atoms with van der Waals surface area (Å²) in [5.74, 6) is -0.216. The highest BCUT2D eigenvalue weighted by molar-refractivity contribution is 6.71. The summed E-state index contributed by atoms with van der Waals surface area (Å²) in [6.45, 7) is 13.9. The van der Waals surface area contributed by atoms with E-state index in [1.165, 1.54) is 0 Å². The maximum atomic E-state index is 11.5. The first-order chi connectivity index (χ1) is 6.01. The van der Waals surface area contributed by atoms with Crippen molar-refractivity contribution in [1.82, 2.24) is 0 Å². The van der Waals surface area contributed by atoms with Crippen molar-refractivity contribution in [3.05, 3.63) is 0 Å². The van der Waals surface area contributed by atoms with Gasteiger partial charge in [0.15, 0.2) is 8.32 Å². The first-order valence-corrected chi connectivity index (χ1v) is 11.7. The Morgan fingerprint density at radius 3 is 1.71 bits per heavy atom. The number of hydrogen-bond acceptors (Lipinski definition) is 3. The molecule has 0 spiro atoms. The zero-order chi connectivity index (χ0) is 11.6. The SMILES string of the molecule is CC(O[Si](C)(C)C)C(=O)O[Si](C)(C)C. The van der Waals surface area contributed by atoms with Gasteiger partial charge in [0.1, 0.15) is 6.10 Å². The molecule has 84 valence electrons. The Kier molecular flexibility index (Phi) is 4.54. The van der Waals surface area contributed by atoms with E-state index in [-0.39, 0.29) is 5.97 Å². The molecule has 0 aliphatic heterocycles. The second-order valence-corrected chi connectivity index (χ2v) is 14.3. The second-order valence-electron chi connectivity index (χ2n) is 5.41. The van der Waals surface area contributed by atoms with E-state index in [0.717, 1.165) is 0 Å². The van der Waals surface area contributed by atoms with Crippen LogP contribution in [0.1, 0.15) is 6.92 Å². The minimum atomic E-state index is -1.77. The van der Waals surface area contributed by atoms with Gasteiger partial charge in [-0.1, -0.05) is 0 Å². The highest BCUT2D eigenvalue weighted by Crippen LogP contribution is 2.11. The molecule has 0 N–H and O–H groups in total. The molecule has 0 saturated carbocycles. The third-order valence-corrected chi connectivity index (χ3v) is 3.14. The molecule has 1 unspecified atom stereocenters. The number of carbonyl (C=O) groups is 1. The van der Waals surface area contributed by atoms with E-state index in [2.05, 4.69) is 19.6 Å². The fourth-order valence-corrected chi connectivity index (χ4v) is 2.89. The normalized spacial score (nSPS) is 15.1. The Bertz CT molecular complexity index is 203. The van der Waals surface area contributed by atoms with Crippen LogP contribution in [-0.2, 0) is 13.6 Å². The Morgan fingerprint density at radius 1 is 1.00 bits per heavy atom. The lowest BCUT2D eigenvalue weighted by molar-refractivity contribution is -0.142. The van der Waals surface area contributed by atoms with Gasteiger partial charge in [0, 0.05) is 0 Å². The average molecular weight is 234 g/mol. The molecule has 14 heavy (non-hydrogen) atoms. The predicted octanol–water partition coefficient (Wildman–Crippen LogP) is 2.60. The fraction of sp³-hybridized carbons (Fsp3) is 0.889. The highest BCUT2D eigenvalue weighted by atomic mass is 28.4. The van der Waals surface area contributed by atoms with E-state index in [4.69, 9.17) is 8.85 Å². The first-order valence-electron chi connectivity index (χ1n) is 4.92. The molecule has 0 aliphatic carbocycles. The van der Waals surface area contributed by atoms with Crippen molar-refractivity contribution >= 4 is 22.6 Å². The van der Waals surface area contributed by atoms with Crippen molar-refractivity contribution in [3.63, 3.8) is 0 Å². The van der Waals surface area contributed by atoms with Gasteiger partial charge in [-0.2, -0.15) is 0 Å². The van der Waals surface area contributed by atoms with Gasteiger partial charge in [-0.3, -0.25) is 4.79 Å². The topological polar surface area (TPSA) is 35.5 Å². The predicted molar refractivity (Wildman–Crippen MR) is 63.3 cm³/mol. The summed E-state index contributed by atoms with van der Waals surface area (Å²) in [7, 11) is -3.42. The van der Waals surface area contributed by atoms with Crippen LogP contribution in [0.5, 0.6) is 0 Å². The molecule has 1 atom stereocenters. The van der Waals surface area contributed by atoms with Gasteiger partial charge in [0.25, 0.3) is 0 Å². The molecule has 0 bridgehead atoms. The molecule has 0 radical (unpaired) electrons. The Labute approximate surface area is 89.1 Å². The smallest absolute Gasteiger partial charge is 0.320 e. The summed E-state index contributed by atoms with van der Waals surface area (Å²) in [6.07, 6.45) is -0.423. The van der Waals surface area contributed by atoms with E-state index in [1.54, 1.807) is 6.92 Å². The molecule has 0 fully saturated rings. The maximum Gasteiger partial charge on any atom is 0.320 e. The number of rotatable bonds is 4. The lowest BCUT2D eigenvalue weighted by Crippen LogP contribution is -2.40. The van der Waals surface area contributed by atoms with E-state index >= 15 is 0 Å². The van der Waals surface area contributed by atoms with Crippen LogP contribution in [-0.4, -0.2) is 28.7 Å². The van der Waals surface area contributed by atoms with Crippen LogP contribution in [0.3, 0.4) is 0 Å². The maximum absolute atomic E-state index is 11.5. The molecule has 0 aromatic rings. The Morgan fingerprint density at radius 2 is 1.43 bits per heavy atom. The van der Waals surface area contributed by atoms with Crippen LogP contribution in [0, 0.1) is 0 Å². The van der Waals surface area contributed by atoms with Crippen molar-refractivity contribution in [2.75, 3.05) is 0 Å². The number of hydrogen-bond donors (Lipinski definition) is 0. The molecule has 0 saturated heterocycles. The van der Waals surface area contributed by atoms with Crippen molar-refractivity contribution in [3.8, 4) is 0 Å². The zero-order valence-electron chi connectivity index (χ0n) is 10.3. The van der Waals surface area contributed by atoms with Crippen LogP contribution in [0.2, 0.25) is 39.3 Å². The zero-order valence-corrected chi connectivity index (χ0v) is 12.3. The molecule has 0 aromatic heterocycles. The molecule has 5 heteroatoms. The van der Waals surface area contributed by atoms with Crippen LogP contribution < -0.4 is 0 Å². The molecule has 0 amide bonds. The number of carbonyl (C=O) groups excluding carboxylic acids is 1. The van der Waals surface area contributed by atoms with Gasteiger partial charge in [0.05, 0.1) is 0 Å². The van der Waals surface area contributed by atoms with Crippen LogP contribution in [0.4, 0.5) is 0 Å². The van der Waals surface area contributed by atoms with Crippen molar-refractivity contribution in [2.24, 2.45) is 0 Å². The summed E-state index contributed by atoms with van der Waals surface area (Å²) in [4.78, 5) is 11.5. The van der Waals surface area contributed by atoms with Gasteiger partial charge in [-0.25, -0.2) is 0 Å². The molecule has 0 heterocycles. The third-order valence-electron chi connectivity index (χ3n) is 1.27. The summed E-state index contributed by atoms with van der Waals surface area (Å²) < 4.78 is 11.0. The summed E-state index contributed by atoms with van der Waals surface area (Å²) >= 11 is 0. The molecule has 0 aromatic carbocycles. The van der Waals surface area contributed by atoms with Gasteiger partial charge in [0.2, 0.25) is 8.32 Å². The van der Waals surface area contributed by atoms with Gasteiger partial charge in [-0.05, 0) is 46.2 Å². The molecular weight excluding hydrogens is 212 g/mol. The minimum absolute atomic E-state index is 0.216. The van der Waals surface area contributed by atoms with E-state index in [0.29, 0.717) is 0 Å².